The van der Waals surface area contributed by atoms with Gasteiger partial charge in [-0.3, -0.25) is 9.69 Å². The summed E-state index contributed by atoms with van der Waals surface area (Å²) in [6.45, 7) is 5.45. The van der Waals surface area contributed by atoms with Crippen molar-refractivity contribution in [2.75, 3.05) is 32.0 Å². The Bertz CT molecular complexity index is 417. The summed E-state index contributed by atoms with van der Waals surface area (Å²) in [5, 5.41) is 0. The zero-order valence-corrected chi connectivity index (χ0v) is 11.5. The summed E-state index contributed by atoms with van der Waals surface area (Å²) in [6, 6.07) is 7.94. The molecule has 4 heteroatoms. The summed E-state index contributed by atoms with van der Waals surface area (Å²) in [4.78, 5) is 14.3. The summed E-state index contributed by atoms with van der Waals surface area (Å²) >= 11 is 0. The first kappa shape index (κ1) is 14.0. The van der Waals surface area contributed by atoms with E-state index < -0.39 is 0 Å². The van der Waals surface area contributed by atoms with Crippen LogP contribution < -0.4 is 5.73 Å². The van der Waals surface area contributed by atoms with Gasteiger partial charge in [0.05, 0.1) is 13.2 Å². The molecule has 2 N–H and O–H groups in total. The molecule has 104 valence electrons. The zero-order valence-electron chi connectivity index (χ0n) is 11.5. The highest BCUT2D eigenvalue weighted by atomic mass is 16.5. The number of nitrogens with zero attached hydrogens (tertiary/aromatic N) is 1. The van der Waals surface area contributed by atoms with Crippen LogP contribution in [0.3, 0.4) is 0 Å². The molecule has 4 nitrogen and oxygen atoms in total. The number of benzene rings is 1. The summed E-state index contributed by atoms with van der Waals surface area (Å²) in [6.07, 6.45) is 1.10. The minimum absolute atomic E-state index is 0.281. The van der Waals surface area contributed by atoms with Gasteiger partial charge in [0.1, 0.15) is 5.78 Å². The Labute approximate surface area is 114 Å². The normalized spacial score (nSPS) is 20.4. The largest absolute Gasteiger partial charge is 0.399 e. The molecule has 0 amide bonds. The lowest BCUT2D eigenvalue weighted by Crippen LogP contribution is -2.44. The smallest absolute Gasteiger partial charge is 0.138 e. The zero-order chi connectivity index (χ0) is 13.7. The minimum atomic E-state index is 0.281. The molecule has 2 rings (SSSR count). The van der Waals surface area contributed by atoms with Gasteiger partial charge in [-0.05, 0) is 24.6 Å². The number of nitrogens with two attached hydrogens (primary N) is 1. The van der Waals surface area contributed by atoms with Crippen LogP contribution in [-0.2, 0) is 16.0 Å². The van der Waals surface area contributed by atoms with Crippen molar-refractivity contribution in [1.29, 1.82) is 0 Å². The molecule has 1 unspecified atom stereocenters. The van der Waals surface area contributed by atoms with Crippen molar-refractivity contribution in [2.24, 2.45) is 0 Å². The topological polar surface area (TPSA) is 55.6 Å². The van der Waals surface area contributed by atoms with Gasteiger partial charge in [-0.2, -0.15) is 0 Å². The third-order valence-corrected chi connectivity index (χ3v) is 3.56. The highest BCUT2D eigenvalue weighted by molar-refractivity contribution is 5.81. The van der Waals surface area contributed by atoms with Crippen molar-refractivity contribution in [1.82, 2.24) is 4.90 Å². The summed E-state index contributed by atoms with van der Waals surface area (Å²) in [7, 11) is 0. The maximum absolute atomic E-state index is 12.0. The Morgan fingerprint density at radius 1 is 1.42 bits per heavy atom. The summed E-state index contributed by atoms with van der Waals surface area (Å²) in [5.41, 5.74) is 7.40. The second kappa shape index (κ2) is 6.68. The summed E-state index contributed by atoms with van der Waals surface area (Å²) in [5.74, 6) is 0.281. The van der Waals surface area contributed by atoms with Gasteiger partial charge in [0, 0.05) is 37.7 Å². The van der Waals surface area contributed by atoms with Crippen molar-refractivity contribution in [3.8, 4) is 0 Å². The number of hydrogen-bond donors (Lipinski definition) is 1. The van der Waals surface area contributed by atoms with Gasteiger partial charge in [0.15, 0.2) is 0 Å². The maximum atomic E-state index is 12.0. The second-order valence-electron chi connectivity index (χ2n) is 5.17. The fraction of sp³-hybridized carbons (Fsp3) is 0.533. The van der Waals surface area contributed by atoms with Crippen LogP contribution >= 0.6 is 0 Å². The molecule has 1 aliphatic heterocycles. The highest BCUT2D eigenvalue weighted by Crippen LogP contribution is 2.10. The number of hydrogen-bond acceptors (Lipinski definition) is 4. The number of carbonyl (C=O) groups excluding carboxylic acids is 1. The van der Waals surface area contributed by atoms with Crippen molar-refractivity contribution in [3.05, 3.63) is 29.8 Å². The maximum Gasteiger partial charge on any atom is 0.138 e. The van der Waals surface area contributed by atoms with E-state index in [0.717, 1.165) is 37.6 Å². The molecule has 1 atom stereocenters. The number of morpholine rings is 1. The van der Waals surface area contributed by atoms with Crippen LogP contribution in [-0.4, -0.2) is 43.0 Å². The number of ether oxygens (including phenoxy) is 1. The second-order valence-corrected chi connectivity index (χ2v) is 5.17. The Morgan fingerprint density at radius 3 is 2.84 bits per heavy atom. The fourth-order valence-corrected chi connectivity index (χ4v) is 2.31. The molecule has 0 bridgehead atoms. The first-order valence-electron chi connectivity index (χ1n) is 6.83. The monoisotopic (exact) mass is 262 g/mol. The molecule has 1 aliphatic rings. The van der Waals surface area contributed by atoms with Gasteiger partial charge < -0.3 is 10.5 Å². The Kier molecular flexibility index (Phi) is 4.93. The lowest BCUT2D eigenvalue weighted by atomic mass is 10.1. The van der Waals surface area contributed by atoms with Gasteiger partial charge in [-0.25, -0.2) is 0 Å². The lowest BCUT2D eigenvalue weighted by Gasteiger charge is -2.32. The average molecular weight is 262 g/mol. The van der Waals surface area contributed by atoms with E-state index in [1.807, 2.05) is 24.3 Å². The van der Waals surface area contributed by atoms with Crippen LogP contribution in [0.15, 0.2) is 24.3 Å². The van der Waals surface area contributed by atoms with E-state index in [1.165, 1.54) is 0 Å². The van der Waals surface area contributed by atoms with Gasteiger partial charge in [-0.15, -0.1) is 0 Å². The van der Waals surface area contributed by atoms with Crippen LogP contribution in [0.2, 0.25) is 0 Å². The van der Waals surface area contributed by atoms with E-state index in [9.17, 15) is 4.79 Å². The molecule has 1 fully saturated rings. The molecule has 0 radical (unpaired) electrons. The predicted octanol–water partition coefficient (Wildman–Crippen LogP) is 1.49. The molecule has 1 aromatic carbocycles. The number of nitrogen functional groups attached to an aromatic ring is 1. The van der Waals surface area contributed by atoms with E-state index in [0.29, 0.717) is 18.9 Å². The van der Waals surface area contributed by atoms with Crippen molar-refractivity contribution >= 4 is 11.5 Å². The van der Waals surface area contributed by atoms with Gasteiger partial charge in [0.2, 0.25) is 0 Å². The third kappa shape index (κ3) is 4.33. The van der Waals surface area contributed by atoms with E-state index in [2.05, 4.69) is 11.8 Å². The molecule has 0 aromatic heterocycles. The number of carbonyl (C=O) groups is 1. The van der Waals surface area contributed by atoms with E-state index >= 15 is 0 Å². The van der Waals surface area contributed by atoms with Crippen LogP contribution in [0.1, 0.15) is 18.9 Å². The molecular weight excluding hydrogens is 240 g/mol. The number of Topliss-reactive ketones (excluding diaryl/α,β-unsaturated/α-hetero) is 1. The van der Waals surface area contributed by atoms with Crippen LogP contribution in [0, 0.1) is 0 Å². The van der Waals surface area contributed by atoms with Crippen LogP contribution in [0.25, 0.3) is 0 Å². The summed E-state index contributed by atoms with van der Waals surface area (Å²) < 4.78 is 5.39. The number of ketones is 1. The van der Waals surface area contributed by atoms with E-state index in [4.69, 9.17) is 10.5 Å². The quantitative estimate of drug-likeness (QED) is 0.817. The number of rotatable bonds is 5. The first-order valence-corrected chi connectivity index (χ1v) is 6.83. The molecule has 19 heavy (non-hydrogen) atoms. The average Bonchev–Trinajstić information content (AvgIpc) is 2.40. The Morgan fingerprint density at radius 2 is 2.16 bits per heavy atom. The standard InChI is InChI=1S/C15H22N2O2/c1-12-11-19-9-8-17(12)7-6-15(18)10-13-2-4-14(16)5-3-13/h2-5,12H,6-11,16H2,1H3. The van der Waals surface area contributed by atoms with Gasteiger partial charge in [-0.1, -0.05) is 12.1 Å². The molecule has 0 aliphatic carbocycles. The predicted molar refractivity (Wildman–Crippen MR) is 76.0 cm³/mol. The van der Waals surface area contributed by atoms with Crippen molar-refractivity contribution in [3.63, 3.8) is 0 Å². The third-order valence-electron chi connectivity index (χ3n) is 3.56. The van der Waals surface area contributed by atoms with Crippen molar-refractivity contribution in [2.45, 2.75) is 25.8 Å². The Hall–Kier alpha value is -1.39. The Balaban J connectivity index is 1.76. The molecule has 1 heterocycles. The van der Waals surface area contributed by atoms with Crippen LogP contribution in [0.4, 0.5) is 5.69 Å². The first-order chi connectivity index (χ1) is 9.15. The van der Waals surface area contributed by atoms with Crippen molar-refractivity contribution < 1.29 is 9.53 Å². The number of anilines is 1. The lowest BCUT2D eigenvalue weighted by molar-refractivity contribution is -0.119. The highest BCUT2D eigenvalue weighted by Gasteiger charge is 2.19. The minimum Gasteiger partial charge on any atom is -0.399 e. The molecular formula is C15H22N2O2. The molecule has 0 saturated carbocycles. The van der Waals surface area contributed by atoms with Crippen LogP contribution in [0.5, 0.6) is 0 Å². The van der Waals surface area contributed by atoms with Gasteiger partial charge >= 0.3 is 0 Å². The fourth-order valence-electron chi connectivity index (χ4n) is 2.31. The molecule has 1 aromatic rings. The van der Waals surface area contributed by atoms with E-state index in [-0.39, 0.29) is 5.78 Å². The molecule has 1 saturated heterocycles. The van der Waals surface area contributed by atoms with E-state index in [1.54, 1.807) is 0 Å². The SMILES string of the molecule is CC1COCCN1CCC(=O)Cc1ccc(N)cc1. The molecule has 0 spiro atoms. The van der Waals surface area contributed by atoms with Gasteiger partial charge in [0.25, 0.3) is 0 Å².